The largest absolute Gasteiger partial charge is 0.508 e. The second kappa shape index (κ2) is 7.83. The van der Waals surface area contributed by atoms with Crippen molar-refractivity contribution in [1.29, 1.82) is 0 Å². The summed E-state index contributed by atoms with van der Waals surface area (Å²) in [7, 11) is 1.32. The van der Waals surface area contributed by atoms with Crippen LogP contribution in [-0.2, 0) is 27.4 Å². The summed E-state index contributed by atoms with van der Waals surface area (Å²) in [6.45, 7) is 0.246. The van der Waals surface area contributed by atoms with Crippen molar-refractivity contribution < 1.29 is 23.8 Å². The Morgan fingerprint density at radius 3 is 1.91 bits per heavy atom. The molecule has 5 nitrogen and oxygen atoms in total. The van der Waals surface area contributed by atoms with Gasteiger partial charge in [0.15, 0.2) is 0 Å². The summed E-state index contributed by atoms with van der Waals surface area (Å²) in [6, 6.07) is 15.9. The Labute approximate surface area is 128 Å². The number of hydrogen-bond acceptors (Lipinski definition) is 5. The van der Waals surface area contributed by atoms with Crippen LogP contribution in [0.25, 0.3) is 0 Å². The zero-order chi connectivity index (χ0) is 15.8. The van der Waals surface area contributed by atoms with E-state index in [4.69, 9.17) is 9.47 Å². The minimum Gasteiger partial charge on any atom is -0.465 e. The van der Waals surface area contributed by atoms with Crippen molar-refractivity contribution in [3.63, 3.8) is 0 Å². The SMILES string of the molecule is COC(=O)c1ccc(COC(=O)OCc2ccccc2)cc1. The van der Waals surface area contributed by atoms with Gasteiger partial charge in [-0.1, -0.05) is 42.5 Å². The van der Waals surface area contributed by atoms with Crippen molar-refractivity contribution in [2.75, 3.05) is 7.11 Å². The molecule has 0 atom stereocenters. The lowest BCUT2D eigenvalue weighted by Gasteiger charge is -2.07. The van der Waals surface area contributed by atoms with Crippen LogP contribution in [0.15, 0.2) is 54.6 Å². The van der Waals surface area contributed by atoms with Gasteiger partial charge < -0.3 is 14.2 Å². The molecule has 0 aliphatic heterocycles. The van der Waals surface area contributed by atoms with Crippen molar-refractivity contribution >= 4 is 12.1 Å². The number of carbonyl (C=O) groups is 2. The van der Waals surface area contributed by atoms with Crippen LogP contribution in [0.4, 0.5) is 4.79 Å². The minimum absolute atomic E-state index is 0.0784. The number of esters is 1. The molecule has 0 unspecified atom stereocenters. The van der Waals surface area contributed by atoms with Gasteiger partial charge in [-0.05, 0) is 23.3 Å². The van der Waals surface area contributed by atoms with Crippen LogP contribution in [0.2, 0.25) is 0 Å². The van der Waals surface area contributed by atoms with E-state index in [0.29, 0.717) is 5.56 Å². The quantitative estimate of drug-likeness (QED) is 0.793. The highest BCUT2D eigenvalue weighted by molar-refractivity contribution is 5.89. The number of methoxy groups -OCH3 is 1. The maximum absolute atomic E-state index is 11.5. The van der Waals surface area contributed by atoms with E-state index in [9.17, 15) is 9.59 Å². The first-order valence-electron chi connectivity index (χ1n) is 6.70. The highest BCUT2D eigenvalue weighted by Crippen LogP contribution is 2.08. The Balaban J connectivity index is 1.77. The van der Waals surface area contributed by atoms with Crippen LogP contribution in [-0.4, -0.2) is 19.2 Å². The smallest absolute Gasteiger partial charge is 0.465 e. The molecule has 0 amide bonds. The highest BCUT2D eigenvalue weighted by atomic mass is 16.7. The minimum atomic E-state index is -0.735. The Morgan fingerprint density at radius 2 is 1.36 bits per heavy atom. The van der Waals surface area contributed by atoms with Crippen LogP contribution in [0.1, 0.15) is 21.5 Å². The van der Waals surface area contributed by atoms with Gasteiger partial charge in [-0.2, -0.15) is 0 Å². The normalized spacial score (nSPS) is 9.86. The first-order valence-corrected chi connectivity index (χ1v) is 6.70. The molecular weight excluding hydrogens is 284 g/mol. The van der Waals surface area contributed by atoms with Gasteiger partial charge in [0.2, 0.25) is 0 Å². The molecule has 0 aromatic heterocycles. The lowest BCUT2D eigenvalue weighted by atomic mass is 10.1. The molecule has 0 heterocycles. The van der Waals surface area contributed by atoms with Gasteiger partial charge in [-0.25, -0.2) is 9.59 Å². The highest BCUT2D eigenvalue weighted by Gasteiger charge is 2.07. The number of carbonyl (C=O) groups excluding carboxylic acids is 2. The van der Waals surface area contributed by atoms with Crippen LogP contribution in [0.3, 0.4) is 0 Å². The number of ether oxygens (including phenoxy) is 3. The van der Waals surface area contributed by atoms with Gasteiger partial charge in [-0.15, -0.1) is 0 Å². The second-order valence-corrected chi connectivity index (χ2v) is 4.50. The Kier molecular flexibility index (Phi) is 5.54. The lowest BCUT2D eigenvalue weighted by Crippen LogP contribution is -2.07. The number of hydrogen-bond donors (Lipinski definition) is 0. The van der Waals surface area contributed by atoms with Gasteiger partial charge in [0.1, 0.15) is 13.2 Å². The Morgan fingerprint density at radius 1 is 0.818 bits per heavy atom. The third-order valence-electron chi connectivity index (χ3n) is 2.93. The molecule has 0 N–H and O–H groups in total. The van der Waals surface area contributed by atoms with Gasteiger partial charge in [-0.3, -0.25) is 0 Å². The molecule has 0 bridgehead atoms. The average molecular weight is 300 g/mol. The zero-order valence-electron chi connectivity index (χ0n) is 12.2. The van der Waals surface area contributed by atoms with Crippen molar-refractivity contribution in [3.05, 3.63) is 71.3 Å². The third kappa shape index (κ3) is 4.63. The van der Waals surface area contributed by atoms with E-state index in [1.165, 1.54) is 7.11 Å². The van der Waals surface area contributed by atoms with Crippen LogP contribution < -0.4 is 0 Å². The summed E-state index contributed by atoms with van der Waals surface area (Å²) in [5.41, 5.74) is 2.09. The zero-order valence-corrected chi connectivity index (χ0v) is 12.2. The van der Waals surface area contributed by atoms with Gasteiger partial charge >= 0.3 is 12.1 Å². The van der Waals surface area contributed by atoms with E-state index < -0.39 is 12.1 Å². The summed E-state index contributed by atoms with van der Waals surface area (Å²) in [5, 5.41) is 0. The average Bonchev–Trinajstić information content (AvgIpc) is 2.58. The predicted octanol–water partition coefficient (Wildman–Crippen LogP) is 3.33. The van der Waals surface area contributed by atoms with Crippen molar-refractivity contribution in [1.82, 2.24) is 0 Å². The molecule has 0 aliphatic rings. The number of rotatable bonds is 5. The first kappa shape index (κ1) is 15.6. The van der Waals surface area contributed by atoms with E-state index in [2.05, 4.69) is 4.74 Å². The fraction of sp³-hybridized carbons (Fsp3) is 0.176. The standard InChI is InChI=1S/C17H16O5/c1-20-16(18)15-9-7-14(8-10-15)12-22-17(19)21-11-13-5-3-2-4-6-13/h2-10H,11-12H2,1H3. The third-order valence-corrected chi connectivity index (χ3v) is 2.93. The molecule has 2 aromatic rings. The predicted molar refractivity (Wildman–Crippen MR) is 79.2 cm³/mol. The fourth-order valence-electron chi connectivity index (χ4n) is 1.76. The maximum atomic E-state index is 11.5. The van der Waals surface area contributed by atoms with Crippen LogP contribution in [0.5, 0.6) is 0 Å². The summed E-state index contributed by atoms with van der Waals surface area (Å²) in [5.74, 6) is -0.408. The molecule has 0 fully saturated rings. The Bertz CT molecular complexity index is 619. The van der Waals surface area contributed by atoms with E-state index in [0.717, 1.165) is 11.1 Å². The molecule has 114 valence electrons. The first-order chi connectivity index (χ1) is 10.7. The van der Waals surface area contributed by atoms with E-state index in [1.807, 2.05) is 30.3 Å². The molecular formula is C17H16O5. The molecule has 5 heteroatoms. The molecule has 0 radical (unpaired) electrons. The van der Waals surface area contributed by atoms with E-state index in [-0.39, 0.29) is 13.2 Å². The van der Waals surface area contributed by atoms with Crippen LogP contribution >= 0.6 is 0 Å². The summed E-state index contributed by atoms with van der Waals surface area (Å²) in [4.78, 5) is 22.8. The van der Waals surface area contributed by atoms with Gasteiger partial charge in [0.25, 0.3) is 0 Å². The molecule has 0 saturated carbocycles. The molecule has 0 saturated heterocycles. The van der Waals surface area contributed by atoms with Gasteiger partial charge in [0.05, 0.1) is 12.7 Å². The topological polar surface area (TPSA) is 61.8 Å². The van der Waals surface area contributed by atoms with E-state index in [1.54, 1.807) is 24.3 Å². The monoisotopic (exact) mass is 300 g/mol. The summed E-state index contributed by atoms with van der Waals surface area (Å²) in [6.07, 6.45) is -0.735. The summed E-state index contributed by atoms with van der Waals surface area (Å²) < 4.78 is 14.6. The Hall–Kier alpha value is -2.82. The molecule has 2 aromatic carbocycles. The fourth-order valence-corrected chi connectivity index (χ4v) is 1.76. The second-order valence-electron chi connectivity index (χ2n) is 4.50. The van der Waals surface area contributed by atoms with Crippen LogP contribution in [0, 0.1) is 0 Å². The van der Waals surface area contributed by atoms with Crippen molar-refractivity contribution in [2.24, 2.45) is 0 Å². The lowest BCUT2D eigenvalue weighted by molar-refractivity contribution is 0.0445. The summed E-state index contributed by atoms with van der Waals surface area (Å²) >= 11 is 0. The molecule has 22 heavy (non-hydrogen) atoms. The molecule has 0 spiro atoms. The van der Waals surface area contributed by atoms with Crippen molar-refractivity contribution in [3.8, 4) is 0 Å². The molecule has 2 rings (SSSR count). The van der Waals surface area contributed by atoms with Crippen molar-refractivity contribution in [2.45, 2.75) is 13.2 Å². The molecule has 0 aliphatic carbocycles. The van der Waals surface area contributed by atoms with E-state index >= 15 is 0 Å². The maximum Gasteiger partial charge on any atom is 0.508 e. The number of benzene rings is 2. The van der Waals surface area contributed by atoms with Gasteiger partial charge in [0, 0.05) is 0 Å².